The molecule has 0 aliphatic rings. The summed E-state index contributed by atoms with van der Waals surface area (Å²) in [5.41, 5.74) is 1.42. The molecule has 0 amide bonds. The second-order valence-corrected chi connectivity index (χ2v) is 4.94. The highest BCUT2D eigenvalue weighted by Crippen LogP contribution is 2.33. The van der Waals surface area contributed by atoms with Crippen molar-refractivity contribution in [3.8, 4) is 6.07 Å². The van der Waals surface area contributed by atoms with Gasteiger partial charge in [0.2, 0.25) is 0 Å². The monoisotopic (exact) mass is 256 g/mol. The maximum atomic E-state index is 9.74. The van der Waals surface area contributed by atoms with Gasteiger partial charge in [-0.25, -0.2) is 0 Å². The fourth-order valence-corrected chi connectivity index (χ4v) is 2.62. The molecule has 1 aromatic heterocycles. The number of benzene rings is 1. The molecule has 90 valence electrons. The Kier molecular flexibility index (Phi) is 3.98. The molecule has 0 aliphatic carbocycles. The summed E-state index contributed by atoms with van der Waals surface area (Å²) in [7, 11) is 0. The molecule has 4 heteroatoms. The summed E-state index contributed by atoms with van der Waals surface area (Å²) >= 11 is 1.52. The van der Waals surface area contributed by atoms with Gasteiger partial charge in [0.15, 0.2) is 0 Å². The summed E-state index contributed by atoms with van der Waals surface area (Å²) < 4.78 is 0. The van der Waals surface area contributed by atoms with E-state index in [1.807, 2.05) is 12.1 Å². The Morgan fingerprint density at radius 2 is 2.00 bits per heavy atom. The topological polar surface area (TPSA) is 56.9 Å². The van der Waals surface area contributed by atoms with Gasteiger partial charge in [-0.05, 0) is 36.8 Å². The summed E-state index contributed by atoms with van der Waals surface area (Å²) in [5.74, 6) is 0. The standard InChI is InChI=1S/C14H12N2OS/c1-10(17)13-3-2-11(9-15)8-14(13)18-12-4-6-16-7-5-12/h2-8,10,17H,1H3/t10-/m0/s1. The Balaban J connectivity index is 2.39. The molecule has 1 N–H and O–H groups in total. The van der Waals surface area contributed by atoms with Crippen LogP contribution in [-0.4, -0.2) is 10.1 Å². The first-order valence-corrected chi connectivity index (χ1v) is 6.32. The summed E-state index contributed by atoms with van der Waals surface area (Å²) in [6, 6.07) is 11.2. The van der Waals surface area contributed by atoms with Crippen molar-refractivity contribution in [3.05, 3.63) is 53.9 Å². The second kappa shape index (κ2) is 5.67. The fourth-order valence-electron chi connectivity index (χ4n) is 1.57. The van der Waals surface area contributed by atoms with Crippen molar-refractivity contribution in [2.75, 3.05) is 0 Å². The van der Waals surface area contributed by atoms with E-state index in [1.165, 1.54) is 11.8 Å². The van der Waals surface area contributed by atoms with Crippen molar-refractivity contribution >= 4 is 11.8 Å². The maximum absolute atomic E-state index is 9.74. The van der Waals surface area contributed by atoms with Crippen molar-refractivity contribution < 1.29 is 5.11 Å². The molecule has 0 bridgehead atoms. The Morgan fingerprint density at radius 3 is 2.61 bits per heavy atom. The van der Waals surface area contributed by atoms with Crippen LogP contribution in [0.5, 0.6) is 0 Å². The lowest BCUT2D eigenvalue weighted by molar-refractivity contribution is 0.196. The average molecular weight is 256 g/mol. The molecular formula is C14H12N2OS. The smallest absolute Gasteiger partial charge is 0.0992 e. The molecule has 18 heavy (non-hydrogen) atoms. The molecule has 2 aromatic rings. The van der Waals surface area contributed by atoms with Crippen LogP contribution < -0.4 is 0 Å². The predicted octanol–water partition coefficient (Wildman–Crippen LogP) is 3.16. The highest BCUT2D eigenvalue weighted by Gasteiger charge is 2.10. The average Bonchev–Trinajstić information content (AvgIpc) is 2.39. The molecule has 0 spiro atoms. The van der Waals surface area contributed by atoms with E-state index in [9.17, 15) is 5.11 Å². The van der Waals surface area contributed by atoms with Crippen molar-refractivity contribution in [2.24, 2.45) is 0 Å². The van der Waals surface area contributed by atoms with Gasteiger partial charge in [-0.2, -0.15) is 5.26 Å². The third kappa shape index (κ3) is 2.89. The molecular weight excluding hydrogens is 244 g/mol. The maximum Gasteiger partial charge on any atom is 0.0992 e. The van der Waals surface area contributed by atoms with Crippen LogP contribution in [0.2, 0.25) is 0 Å². The zero-order valence-corrected chi connectivity index (χ0v) is 10.7. The first-order chi connectivity index (χ1) is 8.70. The highest BCUT2D eigenvalue weighted by atomic mass is 32.2. The van der Waals surface area contributed by atoms with Crippen LogP contribution in [0.15, 0.2) is 52.5 Å². The summed E-state index contributed by atoms with van der Waals surface area (Å²) in [6.45, 7) is 1.72. The molecule has 0 unspecified atom stereocenters. The van der Waals surface area contributed by atoms with E-state index in [4.69, 9.17) is 5.26 Å². The first-order valence-electron chi connectivity index (χ1n) is 5.50. The van der Waals surface area contributed by atoms with Crippen LogP contribution in [0.4, 0.5) is 0 Å². The van der Waals surface area contributed by atoms with E-state index in [0.717, 1.165) is 15.4 Å². The van der Waals surface area contributed by atoms with Crippen LogP contribution in [0.1, 0.15) is 24.2 Å². The zero-order chi connectivity index (χ0) is 13.0. The van der Waals surface area contributed by atoms with E-state index in [0.29, 0.717) is 5.56 Å². The molecule has 3 nitrogen and oxygen atoms in total. The van der Waals surface area contributed by atoms with Crippen LogP contribution in [0.3, 0.4) is 0 Å². The molecule has 1 aromatic carbocycles. The van der Waals surface area contributed by atoms with Gasteiger partial charge in [-0.1, -0.05) is 17.8 Å². The number of aliphatic hydroxyl groups is 1. The summed E-state index contributed by atoms with van der Waals surface area (Å²) in [5, 5.41) is 18.7. The first kappa shape index (κ1) is 12.6. The normalized spacial score (nSPS) is 11.8. The lowest BCUT2D eigenvalue weighted by atomic mass is 10.1. The molecule has 0 fully saturated rings. The van der Waals surface area contributed by atoms with E-state index in [2.05, 4.69) is 11.1 Å². The van der Waals surface area contributed by atoms with E-state index < -0.39 is 6.10 Å². The minimum absolute atomic E-state index is 0.554. The Bertz CT molecular complexity index is 576. The quantitative estimate of drug-likeness (QED) is 0.916. The zero-order valence-electron chi connectivity index (χ0n) is 9.87. The van der Waals surface area contributed by atoms with Gasteiger partial charge in [-0.15, -0.1) is 0 Å². The van der Waals surface area contributed by atoms with E-state index in [1.54, 1.807) is 37.5 Å². The van der Waals surface area contributed by atoms with Crippen molar-refractivity contribution in [3.63, 3.8) is 0 Å². The van der Waals surface area contributed by atoms with Crippen molar-refractivity contribution in [2.45, 2.75) is 22.8 Å². The molecule has 0 saturated carbocycles. The highest BCUT2D eigenvalue weighted by molar-refractivity contribution is 7.99. The fraction of sp³-hybridized carbons (Fsp3) is 0.143. The number of aliphatic hydroxyl groups excluding tert-OH is 1. The molecule has 1 heterocycles. The van der Waals surface area contributed by atoms with Crippen molar-refractivity contribution in [1.29, 1.82) is 5.26 Å². The van der Waals surface area contributed by atoms with Crippen LogP contribution >= 0.6 is 11.8 Å². The Labute approximate surface area is 110 Å². The van der Waals surface area contributed by atoms with Gasteiger partial charge < -0.3 is 5.11 Å². The minimum Gasteiger partial charge on any atom is -0.389 e. The van der Waals surface area contributed by atoms with Crippen LogP contribution in [0, 0.1) is 11.3 Å². The van der Waals surface area contributed by atoms with E-state index in [-0.39, 0.29) is 0 Å². The van der Waals surface area contributed by atoms with Gasteiger partial charge in [0.25, 0.3) is 0 Å². The number of rotatable bonds is 3. The van der Waals surface area contributed by atoms with Gasteiger partial charge in [0, 0.05) is 22.2 Å². The Hall–Kier alpha value is -1.83. The SMILES string of the molecule is C[C@H](O)c1ccc(C#N)cc1Sc1ccncc1. The minimum atomic E-state index is -0.554. The summed E-state index contributed by atoms with van der Waals surface area (Å²) in [6.07, 6.45) is 2.89. The molecule has 0 radical (unpaired) electrons. The lowest BCUT2D eigenvalue weighted by Gasteiger charge is -2.11. The van der Waals surface area contributed by atoms with Crippen LogP contribution in [0.25, 0.3) is 0 Å². The number of hydrogen-bond acceptors (Lipinski definition) is 4. The number of nitriles is 1. The number of aromatic nitrogens is 1. The van der Waals surface area contributed by atoms with Gasteiger partial charge in [-0.3, -0.25) is 4.98 Å². The number of nitrogens with zero attached hydrogens (tertiary/aromatic N) is 2. The largest absolute Gasteiger partial charge is 0.389 e. The van der Waals surface area contributed by atoms with Crippen molar-refractivity contribution in [1.82, 2.24) is 4.98 Å². The predicted molar refractivity (Wildman–Crippen MR) is 70.2 cm³/mol. The Morgan fingerprint density at radius 1 is 1.28 bits per heavy atom. The summed E-state index contributed by atoms with van der Waals surface area (Å²) in [4.78, 5) is 5.89. The third-order valence-electron chi connectivity index (χ3n) is 2.47. The second-order valence-electron chi connectivity index (χ2n) is 3.83. The van der Waals surface area contributed by atoms with Crippen LogP contribution in [-0.2, 0) is 0 Å². The molecule has 2 rings (SSSR count). The third-order valence-corrected chi connectivity index (χ3v) is 3.55. The molecule has 1 atom stereocenters. The lowest BCUT2D eigenvalue weighted by Crippen LogP contribution is -1.94. The molecule has 0 saturated heterocycles. The molecule has 0 aliphatic heterocycles. The number of hydrogen-bond donors (Lipinski definition) is 1. The van der Waals surface area contributed by atoms with Gasteiger partial charge in [0.05, 0.1) is 17.7 Å². The number of pyridine rings is 1. The van der Waals surface area contributed by atoms with E-state index >= 15 is 0 Å². The van der Waals surface area contributed by atoms with Gasteiger partial charge >= 0.3 is 0 Å². The van der Waals surface area contributed by atoms with Gasteiger partial charge in [0.1, 0.15) is 0 Å².